The second-order valence-electron chi connectivity index (χ2n) is 2.24. The van der Waals surface area contributed by atoms with Crippen molar-refractivity contribution in [2.45, 2.75) is 0 Å². The first-order valence-electron chi connectivity index (χ1n) is 4.65. The van der Waals surface area contributed by atoms with Gasteiger partial charge in [0.05, 0.1) is 0 Å². The van der Waals surface area contributed by atoms with Crippen LogP contribution in [0.1, 0.15) is 0 Å². The smallest absolute Gasteiger partial charge is 0.161 e. The van der Waals surface area contributed by atoms with Gasteiger partial charge < -0.3 is 0 Å². The Balaban J connectivity index is -0.000000105. The number of H-pyrrole nitrogens is 4. The van der Waals surface area contributed by atoms with Gasteiger partial charge in [-0.15, -0.1) is 109 Å². The third-order valence-corrected chi connectivity index (χ3v) is 1.08. The average molecular weight is 604 g/mol. The molecule has 0 aromatic carbocycles. The molecular weight excluding hydrogens is 592 g/mol. The highest BCUT2D eigenvalue weighted by atomic mass is 79.9. The molecule has 0 aliphatic heterocycles. The van der Waals surface area contributed by atoms with Gasteiger partial charge in [0.2, 0.25) is 0 Å². The Hall–Kier alpha value is -1.80. The van der Waals surface area contributed by atoms with Crippen molar-refractivity contribution in [1.29, 1.82) is 0 Å². The van der Waals surface area contributed by atoms with Crippen molar-refractivity contribution < 1.29 is 0 Å². The second kappa shape index (κ2) is 26.1. The minimum atomic E-state index is 0. The average Bonchev–Trinajstić information content (AvgIpc) is 3.40. The first kappa shape index (κ1) is 30.1. The predicted molar refractivity (Wildman–Crippen MR) is 98.0 cm³/mol. The van der Waals surface area contributed by atoms with Crippen molar-refractivity contribution in [3.05, 3.63) is 25.3 Å². The molecule has 0 bridgehead atoms. The summed E-state index contributed by atoms with van der Waals surface area (Å²) < 4.78 is 0. The number of nitrogens with one attached hydrogen (secondary N) is 4. The summed E-state index contributed by atoms with van der Waals surface area (Å²) >= 11 is 0. The van der Waals surface area contributed by atoms with Gasteiger partial charge in [-0.05, 0) is 0 Å². The Kier molecular flexibility index (Phi) is 32.8. The van der Waals surface area contributed by atoms with Crippen LogP contribution in [0.3, 0.4) is 0 Å². The normalized spacial score (nSPS) is 6.67. The van der Waals surface area contributed by atoms with E-state index in [2.05, 4.69) is 82.5 Å². The van der Waals surface area contributed by atoms with Crippen LogP contribution < -0.4 is 0 Å². The Morgan fingerprint density at radius 3 is 0.625 bits per heavy atom. The third kappa shape index (κ3) is 22.5. The van der Waals surface area contributed by atoms with Crippen molar-refractivity contribution in [3.63, 3.8) is 0 Å². The minimum Gasteiger partial charge on any atom is -0.177 e. The van der Waals surface area contributed by atoms with Crippen molar-refractivity contribution in [3.8, 4) is 0 Å². The fourth-order valence-electron chi connectivity index (χ4n) is 0.516. The Morgan fingerprint density at radius 2 is 0.583 bits per heavy atom. The van der Waals surface area contributed by atoms with E-state index in [4.69, 9.17) is 0 Å². The maximum Gasteiger partial charge on any atom is 0.161 e. The molecule has 0 saturated heterocycles. The standard InChI is InChI=1S/4CH2N4.4BrH/c4*1-2-4-5-3-1;;;;/h4*1H,(H,2,3,4,5);4*1H. The summed E-state index contributed by atoms with van der Waals surface area (Å²) in [4.78, 5) is 0. The van der Waals surface area contributed by atoms with Gasteiger partial charge in [-0.25, -0.2) is 0 Å². The quantitative estimate of drug-likeness (QED) is 0.192. The molecule has 0 atom stereocenters. The summed E-state index contributed by atoms with van der Waals surface area (Å²) in [6.07, 6.45) is 5.33. The highest BCUT2D eigenvalue weighted by Crippen LogP contribution is 1.45. The van der Waals surface area contributed by atoms with Crippen LogP contribution in [0.15, 0.2) is 25.3 Å². The van der Waals surface area contributed by atoms with Crippen LogP contribution >= 0.6 is 67.9 Å². The first-order chi connectivity index (χ1) is 10.0. The highest BCUT2D eigenvalue weighted by molar-refractivity contribution is 8.93. The molecule has 0 unspecified atom stereocenters. The second-order valence-corrected chi connectivity index (χ2v) is 2.24. The van der Waals surface area contributed by atoms with Crippen molar-refractivity contribution in [2.24, 2.45) is 0 Å². The molecule has 0 amide bonds. The van der Waals surface area contributed by atoms with E-state index < -0.39 is 0 Å². The molecule has 4 aromatic rings. The lowest BCUT2D eigenvalue weighted by molar-refractivity contribution is 0.881. The molecule has 4 rings (SSSR count). The number of hydrogen-bond donors (Lipinski definition) is 4. The molecule has 4 heterocycles. The van der Waals surface area contributed by atoms with Crippen LogP contribution in [0.25, 0.3) is 0 Å². The number of nitrogens with zero attached hydrogens (tertiary/aromatic N) is 12. The van der Waals surface area contributed by atoms with Crippen molar-refractivity contribution in [1.82, 2.24) is 82.5 Å². The number of tetrazole rings is 4. The highest BCUT2D eigenvalue weighted by Gasteiger charge is 1.59. The summed E-state index contributed by atoms with van der Waals surface area (Å²) in [5.74, 6) is 0. The first-order valence-corrected chi connectivity index (χ1v) is 4.65. The van der Waals surface area contributed by atoms with Crippen LogP contribution in [-0.2, 0) is 0 Å². The SMILES string of the molecule is Br.Br.Br.Br.c1nn[nH]n1.c1nn[nH]n1.c1nn[nH]n1.c1nn[nH]n1. The molecule has 16 nitrogen and oxygen atoms in total. The van der Waals surface area contributed by atoms with Crippen LogP contribution in [-0.4, -0.2) is 82.5 Å². The molecule has 0 aliphatic carbocycles. The predicted octanol–water partition coefficient (Wildman–Crippen LogP) is -0.890. The van der Waals surface area contributed by atoms with Gasteiger partial charge >= 0.3 is 0 Å². The van der Waals surface area contributed by atoms with Crippen LogP contribution in [0.4, 0.5) is 0 Å². The van der Waals surface area contributed by atoms with E-state index in [0.717, 1.165) is 0 Å². The molecule has 0 radical (unpaired) electrons. The summed E-state index contributed by atoms with van der Waals surface area (Å²) in [5.41, 5.74) is 0. The number of aromatic amines is 4. The third-order valence-electron chi connectivity index (χ3n) is 1.08. The van der Waals surface area contributed by atoms with Crippen LogP contribution in [0, 0.1) is 0 Å². The summed E-state index contributed by atoms with van der Waals surface area (Å²) in [5, 5.41) is 48.7. The summed E-state index contributed by atoms with van der Waals surface area (Å²) in [6.45, 7) is 0. The van der Waals surface area contributed by atoms with Gasteiger partial charge in [-0.1, -0.05) is 20.9 Å². The zero-order chi connectivity index (χ0) is 14.1. The van der Waals surface area contributed by atoms with Gasteiger partial charge in [-0.2, -0.15) is 20.9 Å². The molecule has 4 N–H and O–H groups in total. The number of aromatic nitrogens is 16. The van der Waals surface area contributed by atoms with E-state index in [1.165, 1.54) is 25.3 Å². The molecular formula is C4H12Br4N16. The molecule has 0 aliphatic rings. The van der Waals surface area contributed by atoms with Crippen LogP contribution in [0.5, 0.6) is 0 Å². The Bertz CT molecular complexity index is 361. The number of halogens is 4. The number of rotatable bonds is 0. The molecule has 136 valence electrons. The van der Waals surface area contributed by atoms with Gasteiger partial charge in [0, 0.05) is 0 Å². The van der Waals surface area contributed by atoms with Gasteiger partial charge in [0.15, 0.2) is 25.3 Å². The summed E-state index contributed by atoms with van der Waals surface area (Å²) in [6, 6.07) is 0. The summed E-state index contributed by atoms with van der Waals surface area (Å²) in [7, 11) is 0. The van der Waals surface area contributed by atoms with E-state index >= 15 is 0 Å². The topological polar surface area (TPSA) is 218 Å². The zero-order valence-electron chi connectivity index (χ0n) is 11.3. The largest absolute Gasteiger partial charge is 0.177 e. The van der Waals surface area contributed by atoms with Gasteiger partial charge in [0.1, 0.15) is 0 Å². The van der Waals surface area contributed by atoms with Gasteiger partial charge in [0.25, 0.3) is 0 Å². The van der Waals surface area contributed by atoms with E-state index in [-0.39, 0.29) is 67.9 Å². The fourth-order valence-corrected chi connectivity index (χ4v) is 0.516. The van der Waals surface area contributed by atoms with E-state index in [0.29, 0.717) is 0 Å². The van der Waals surface area contributed by atoms with Gasteiger partial charge in [-0.3, -0.25) is 0 Å². The van der Waals surface area contributed by atoms with Crippen molar-refractivity contribution >= 4 is 67.9 Å². The molecule has 0 saturated carbocycles. The molecule has 4 aromatic heterocycles. The van der Waals surface area contributed by atoms with E-state index in [9.17, 15) is 0 Å². The monoisotopic (exact) mass is 600 g/mol. The Labute approximate surface area is 175 Å². The van der Waals surface area contributed by atoms with E-state index in [1.807, 2.05) is 0 Å². The fraction of sp³-hybridized carbons (Fsp3) is 0. The lowest BCUT2D eigenvalue weighted by Crippen LogP contribution is -1.64. The van der Waals surface area contributed by atoms with E-state index in [1.54, 1.807) is 0 Å². The molecule has 0 fully saturated rings. The molecule has 0 spiro atoms. The lowest BCUT2D eigenvalue weighted by Gasteiger charge is -1.44. The van der Waals surface area contributed by atoms with Crippen molar-refractivity contribution in [2.75, 3.05) is 0 Å². The molecule has 20 heteroatoms. The maximum absolute atomic E-state index is 3.38. The minimum absolute atomic E-state index is 0. The Morgan fingerprint density at radius 1 is 0.375 bits per heavy atom. The van der Waals surface area contributed by atoms with Crippen LogP contribution in [0.2, 0.25) is 0 Å². The zero-order valence-corrected chi connectivity index (χ0v) is 18.2. The maximum atomic E-state index is 3.38. The lowest BCUT2D eigenvalue weighted by atomic mass is 11.4. The molecule has 24 heavy (non-hydrogen) atoms. The number of hydrogen-bond acceptors (Lipinski definition) is 12.